The predicted octanol–water partition coefficient (Wildman–Crippen LogP) is 4.03. The van der Waals surface area contributed by atoms with Gasteiger partial charge in [-0.1, -0.05) is 32.0 Å². The van der Waals surface area contributed by atoms with Gasteiger partial charge in [0.15, 0.2) is 5.82 Å². The van der Waals surface area contributed by atoms with Crippen LogP contribution < -0.4 is 21.7 Å². The molecule has 0 aliphatic rings. The van der Waals surface area contributed by atoms with E-state index in [2.05, 4.69) is 49.8 Å². The molecule has 0 radical (unpaired) electrons. The summed E-state index contributed by atoms with van der Waals surface area (Å²) in [4.78, 5) is 36.3. The molecule has 11 nitrogen and oxygen atoms in total. The van der Waals surface area contributed by atoms with E-state index in [0.29, 0.717) is 34.7 Å². The van der Waals surface area contributed by atoms with Crippen molar-refractivity contribution in [3.8, 4) is 11.1 Å². The lowest BCUT2D eigenvalue weighted by atomic mass is 9.89. The highest BCUT2D eigenvalue weighted by molar-refractivity contribution is 6.07. The number of carbonyl (C=O) groups excluding carboxylic acids is 2. The summed E-state index contributed by atoms with van der Waals surface area (Å²) in [5, 5.41) is 12.8. The maximum atomic E-state index is 13.3. The Kier molecular flexibility index (Phi) is 8.10. The highest BCUT2D eigenvalue weighted by atomic mass is 16.2. The minimum atomic E-state index is -0.412. The molecule has 0 aliphatic heterocycles. The van der Waals surface area contributed by atoms with Crippen molar-refractivity contribution in [2.75, 3.05) is 43.6 Å². The number of rotatable bonds is 9. The number of urea groups is 1. The van der Waals surface area contributed by atoms with Crippen molar-refractivity contribution in [2.45, 2.75) is 27.2 Å². The Morgan fingerprint density at radius 2 is 1.82 bits per heavy atom. The van der Waals surface area contributed by atoms with E-state index in [1.807, 2.05) is 45.3 Å². The average molecular weight is 530 g/mol. The molecule has 4 aromatic rings. The van der Waals surface area contributed by atoms with Gasteiger partial charge in [-0.15, -0.1) is 0 Å². The fourth-order valence-corrected chi connectivity index (χ4v) is 4.66. The highest BCUT2D eigenvalue weighted by Crippen LogP contribution is 2.33. The van der Waals surface area contributed by atoms with Gasteiger partial charge >= 0.3 is 6.03 Å². The van der Waals surface area contributed by atoms with Crippen molar-refractivity contribution in [2.24, 2.45) is 5.41 Å². The summed E-state index contributed by atoms with van der Waals surface area (Å²) in [7, 11) is 4.08. The quantitative estimate of drug-likeness (QED) is 0.256. The summed E-state index contributed by atoms with van der Waals surface area (Å²) in [6.45, 7) is 7.66. The highest BCUT2D eigenvalue weighted by Gasteiger charge is 2.23. The molecule has 4 rings (SSSR count). The van der Waals surface area contributed by atoms with Gasteiger partial charge in [-0.05, 0) is 62.7 Å². The number of hydrogen-bond acceptors (Lipinski definition) is 7. The monoisotopic (exact) mass is 529 g/mol. The van der Waals surface area contributed by atoms with Crippen LogP contribution in [0.4, 0.5) is 22.1 Å². The molecule has 1 aromatic carbocycles. The Morgan fingerprint density at radius 1 is 1.08 bits per heavy atom. The number of anilines is 3. The molecule has 0 saturated heterocycles. The first-order chi connectivity index (χ1) is 18.5. The number of aryl methyl sites for hydroxylation is 1. The van der Waals surface area contributed by atoms with Gasteiger partial charge in [-0.2, -0.15) is 5.10 Å². The Labute approximate surface area is 227 Å². The summed E-state index contributed by atoms with van der Waals surface area (Å²) in [5.41, 5.74) is 9.98. The maximum absolute atomic E-state index is 13.3. The molecule has 39 heavy (non-hydrogen) atoms. The van der Waals surface area contributed by atoms with Gasteiger partial charge in [0.2, 0.25) is 0 Å². The lowest BCUT2D eigenvalue weighted by molar-refractivity contribution is 0.0947. The minimum Gasteiger partial charge on any atom is -0.382 e. The second kappa shape index (κ2) is 11.5. The molecular weight excluding hydrogens is 494 g/mol. The van der Waals surface area contributed by atoms with Gasteiger partial charge in [0.1, 0.15) is 17.7 Å². The van der Waals surface area contributed by atoms with Crippen molar-refractivity contribution >= 4 is 34.8 Å². The summed E-state index contributed by atoms with van der Waals surface area (Å²) in [5.74, 6) is 0.502. The topological polar surface area (TPSA) is 143 Å². The van der Waals surface area contributed by atoms with Gasteiger partial charge in [-0.3, -0.25) is 10.1 Å². The first kappa shape index (κ1) is 27.5. The Morgan fingerprint density at radius 3 is 2.51 bits per heavy atom. The number of pyridine rings is 1. The van der Waals surface area contributed by atoms with Gasteiger partial charge < -0.3 is 21.3 Å². The zero-order valence-corrected chi connectivity index (χ0v) is 22.9. The molecule has 3 aromatic heterocycles. The van der Waals surface area contributed by atoms with Crippen LogP contribution in [0.3, 0.4) is 0 Å². The third-order valence-electron chi connectivity index (χ3n) is 6.24. The number of fused-ring (bicyclic) bond motifs is 1. The molecule has 11 heteroatoms. The molecule has 3 heterocycles. The van der Waals surface area contributed by atoms with Crippen LogP contribution in [0.5, 0.6) is 0 Å². The molecule has 204 valence electrons. The molecular formula is C28H35N9O2. The Bertz CT molecular complexity index is 1480. The molecule has 0 fully saturated rings. The van der Waals surface area contributed by atoms with E-state index in [1.165, 1.54) is 6.33 Å². The standard InChI is InChI=1S/C28H35N9O2/c1-18-7-6-8-22(33-18)35-27(39)34-20-11-9-19(10-12-20)23-21(15-37-24(23)25(29)31-17-32-37)26(38)30-14-13-28(2,3)16-36(4)5/h6-12,15,17H,13-14,16H2,1-5H3,(H,30,38)(H2,29,31,32)(H2,33,34,35,39). The molecule has 5 N–H and O–H groups in total. The van der Waals surface area contributed by atoms with Crippen LogP contribution in [0.25, 0.3) is 16.6 Å². The number of nitrogens with zero attached hydrogens (tertiary/aromatic N) is 5. The zero-order valence-electron chi connectivity index (χ0n) is 22.9. The van der Waals surface area contributed by atoms with E-state index >= 15 is 0 Å². The number of carbonyl (C=O) groups is 2. The smallest absolute Gasteiger partial charge is 0.324 e. The van der Waals surface area contributed by atoms with Crippen LogP contribution >= 0.6 is 0 Å². The van der Waals surface area contributed by atoms with Crippen LogP contribution in [0.15, 0.2) is 55.0 Å². The number of nitrogens with two attached hydrogens (primary N) is 1. The van der Waals surface area contributed by atoms with E-state index in [0.717, 1.165) is 24.2 Å². The summed E-state index contributed by atoms with van der Waals surface area (Å²) < 4.78 is 1.57. The molecule has 0 aliphatic carbocycles. The van der Waals surface area contributed by atoms with Crippen molar-refractivity contribution in [3.05, 3.63) is 66.2 Å². The SMILES string of the molecule is Cc1cccc(NC(=O)Nc2ccc(-c3c(C(=O)NCCC(C)(C)CN(C)C)cn4ncnc(N)c34)cc2)n1. The van der Waals surface area contributed by atoms with Gasteiger partial charge in [0.25, 0.3) is 5.91 Å². The number of nitrogens with one attached hydrogen (secondary N) is 3. The van der Waals surface area contributed by atoms with Crippen molar-refractivity contribution < 1.29 is 9.59 Å². The molecule has 0 atom stereocenters. The van der Waals surface area contributed by atoms with Crippen LogP contribution in [-0.2, 0) is 0 Å². The van der Waals surface area contributed by atoms with Crippen LogP contribution in [-0.4, -0.2) is 63.6 Å². The minimum absolute atomic E-state index is 0.0471. The van der Waals surface area contributed by atoms with Crippen LogP contribution in [0, 0.1) is 12.3 Å². The van der Waals surface area contributed by atoms with E-state index < -0.39 is 6.03 Å². The second-order valence-electron chi connectivity index (χ2n) is 10.6. The van der Waals surface area contributed by atoms with E-state index in [1.54, 1.807) is 28.9 Å². The summed E-state index contributed by atoms with van der Waals surface area (Å²) >= 11 is 0. The second-order valence-corrected chi connectivity index (χ2v) is 10.6. The third-order valence-corrected chi connectivity index (χ3v) is 6.24. The summed E-state index contributed by atoms with van der Waals surface area (Å²) in [6, 6.07) is 12.1. The van der Waals surface area contributed by atoms with E-state index in [4.69, 9.17) is 5.73 Å². The number of benzene rings is 1. The van der Waals surface area contributed by atoms with Gasteiger partial charge in [-0.25, -0.2) is 19.3 Å². The molecule has 0 saturated carbocycles. The first-order valence-corrected chi connectivity index (χ1v) is 12.7. The van der Waals surface area contributed by atoms with Crippen molar-refractivity contribution in [1.29, 1.82) is 0 Å². The molecule has 0 spiro atoms. The summed E-state index contributed by atoms with van der Waals surface area (Å²) in [6.07, 6.45) is 3.84. The van der Waals surface area contributed by atoms with Gasteiger partial charge in [0, 0.05) is 36.2 Å². The lowest BCUT2D eigenvalue weighted by Crippen LogP contribution is -2.33. The zero-order chi connectivity index (χ0) is 28.2. The fraction of sp³-hybridized carbons (Fsp3) is 0.321. The molecule has 3 amide bonds. The van der Waals surface area contributed by atoms with Crippen LogP contribution in [0.1, 0.15) is 36.3 Å². The third kappa shape index (κ3) is 6.88. The van der Waals surface area contributed by atoms with Crippen molar-refractivity contribution in [3.63, 3.8) is 0 Å². The van der Waals surface area contributed by atoms with Crippen molar-refractivity contribution in [1.82, 2.24) is 29.8 Å². The normalized spacial score (nSPS) is 11.5. The lowest BCUT2D eigenvalue weighted by Gasteiger charge is -2.28. The Balaban J connectivity index is 1.54. The largest absolute Gasteiger partial charge is 0.382 e. The number of amides is 3. The van der Waals surface area contributed by atoms with E-state index in [-0.39, 0.29) is 17.1 Å². The maximum Gasteiger partial charge on any atom is 0.324 e. The Hall–Kier alpha value is -4.51. The predicted molar refractivity (Wildman–Crippen MR) is 154 cm³/mol. The molecule has 0 unspecified atom stereocenters. The fourth-order valence-electron chi connectivity index (χ4n) is 4.66. The van der Waals surface area contributed by atoms with E-state index in [9.17, 15) is 9.59 Å². The van der Waals surface area contributed by atoms with Crippen LogP contribution in [0.2, 0.25) is 0 Å². The number of aromatic nitrogens is 4. The molecule has 0 bridgehead atoms. The first-order valence-electron chi connectivity index (χ1n) is 12.7. The number of hydrogen-bond donors (Lipinski definition) is 4. The average Bonchev–Trinajstić information content (AvgIpc) is 3.24. The number of nitrogen functional groups attached to an aromatic ring is 1. The van der Waals surface area contributed by atoms with Gasteiger partial charge in [0.05, 0.1) is 5.56 Å².